The van der Waals surface area contributed by atoms with Gasteiger partial charge >= 0.3 is 5.97 Å². The van der Waals surface area contributed by atoms with Crippen LogP contribution in [0.15, 0.2) is 48.5 Å². The number of hydrogen-bond acceptors (Lipinski definition) is 4. The van der Waals surface area contributed by atoms with Gasteiger partial charge < -0.3 is 15.0 Å². The Bertz CT molecular complexity index is 890. The van der Waals surface area contributed by atoms with Crippen molar-refractivity contribution in [1.29, 1.82) is 0 Å². The summed E-state index contributed by atoms with van der Waals surface area (Å²) in [7, 11) is 0. The molecule has 0 aliphatic carbocycles. The van der Waals surface area contributed by atoms with E-state index in [1.54, 1.807) is 4.90 Å². The van der Waals surface area contributed by atoms with Crippen LogP contribution in [0.4, 0.5) is 5.69 Å². The van der Waals surface area contributed by atoms with E-state index in [9.17, 15) is 14.4 Å². The monoisotopic (exact) mass is 394 g/mol. The minimum atomic E-state index is -0.553. The number of rotatable bonds is 6. The molecule has 2 aromatic rings. The Balaban J connectivity index is 1.52. The van der Waals surface area contributed by atoms with Crippen LogP contribution in [0, 0.1) is 19.8 Å². The Morgan fingerprint density at radius 2 is 1.79 bits per heavy atom. The number of amides is 2. The molecule has 0 radical (unpaired) electrons. The van der Waals surface area contributed by atoms with Gasteiger partial charge in [-0.25, -0.2) is 0 Å². The van der Waals surface area contributed by atoms with E-state index in [0.717, 1.165) is 16.7 Å². The second-order valence-corrected chi connectivity index (χ2v) is 7.57. The van der Waals surface area contributed by atoms with Gasteiger partial charge in [-0.15, -0.1) is 0 Å². The fourth-order valence-electron chi connectivity index (χ4n) is 3.67. The molecule has 0 saturated carbocycles. The van der Waals surface area contributed by atoms with Gasteiger partial charge in [0.2, 0.25) is 5.91 Å². The fraction of sp³-hybridized carbons (Fsp3) is 0.348. The quantitative estimate of drug-likeness (QED) is 0.762. The minimum absolute atomic E-state index is 0.0806. The van der Waals surface area contributed by atoms with Gasteiger partial charge in [-0.2, -0.15) is 0 Å². The van der Waals surface area contributed by atoms with Crippen molar-refractivity contribution in [2.24, 2.45) is 5.92 Å². The smallest absolute Gasteiger partial charge is 0.311 e. The van der Waals surface area contributed by atoms with Crippen LogP contribution in [0.25, 0.3) is 0 Å². The molecule has 1 heterocycles. The molecular weight excluding hydrogens is 368 g/mol. The highest BCUT2D eigenvalue weighted by molar-refractivity contribution is 5.94. The molecule has 3 rings (SSSR count). The van der Waals surface area contributed by atoms with Crippen LogP contribution in [0.5, 0.6) is 0 Å². The van der Waals surface area contributed by atoms with E-state index in [1.807, 2.05) is 69.3 Å². The summed E-state index contributed by atoms with van der Waals surface area (Å²) in [5, 5.41) is 2.73. The number of hydrogen-bond donors (Lipinski definition) is 1. The number of benzene rings is 2. The van der Waals surface area contributed by atoms with E-state index < -0.39 is 17.8 Å². The first-order valence-electron chi connectivity index (χ1n) is 9.72. The Morgan fingerprint density at radius 1 is 1.14 bits per heavy atom. The highest BCUT2D eigenvalue weighted by atomic mass is 16.5. The van der Waals surface area contributed by atoms with Crippen molar-refractivity contribution >= 4 is 23.5 Å². The van der Waals surface area contributed by atoms with Crippen LogP contribution < -0.4 is 5.32 Å². The predicted octanol–water partition coefficient (Wildman–Crippen LogP) is 3.39. The maximum atomic E-state index is 12.4. The molecule has 2 atom stereocenters. The van der Waals surface area contributed by atoms with Gasteiger partial charge in [-0.1, -0.05) is 36.4 Å². The van der Waals surface area contributed by atoms with E-state index in [0.29, 0.717) is 12.2 Å². The van der Waals surface area contributed by atoms with Crippen molar-refractivity contribution < 1.29 is 19.1 Å². The number of carbonyl (C=O) groups is 3. The number of nitrogens with zero attached hydrogens (tertiary/aromatic N) is 1. The largest absolute Gasteiger partial charge is 0.455 e. The first-order chi connectivity index (χ1) is 13.8. The van der Waals surface area contributed by atoms with Crippen LogP contribution in [0.3, 0.4) is 0 Å². The molecule has 0 bridgehead atoms. The Morgan fingerprint density at radius 3 is 2.45 bits per heavy atom. The summed E-state index contributed by atoms with van der Waals surface area (Å²) in [6.07, 6.45) is 0.106. The zero-order chi connectivity index (χ0) is 21.0. The third-order valence-electron chi connectivity index (χ3n) is 5.09. The van der Waals surface area contributed by atoms with Crippen LogP contribution in [0.2, 0.25) is 0 Å². The van der Waals surface area contributed by atoms with Gasteiger partial charge in [0.15, 0.2) is 6.61 Å². The normalized spacial score (nSPS) is 17.1. The van der Waals surface area contributed by atoms with E-state index in [2.05, 4.69) is 5.32 Å². The van der Waals surface area contributed by atoms with Gasteiger partial charge in [-0.3, -0.25) is 14.4 Å². The van der Waals surface area contributed by atoms with E-state index in [4.69, 9.17) is 4.74 Å². The number of carbonyl (C=O) groups excluding carboxylic acids is 3. The second kappa shape index (κ2) is 8.90. The van der Waals surface area contributed by atoms with E-state index in [1.165, 1.54) is 0 Å². The van der Waals surface area contributed by atoms with E-state index >= 15 is 0 Å². The SMILES string of the molecule is Cc1cc(C)cc(NC(=O)COC(=O)[C@@H]2CC(=O)N([C@@H](C)c3ccccc3)C2)c1. The summed E-state index contributed by atoms with van der Waals surface area (Å²) in [4.78, 5) is 38.6. The van der Waals surface area contributed by atoms with Gasteiger partial charge in [0.25, 0.3) is 5.91 Å². The number of ether oxygens (including phenoxy) is 1. The number of likely N-dealkylation sites (tertiary alicyclic amines) is 1. The van der Waals surface area contributed by atoms with Crippen LogP contribution in [-0.4, -0.2) is 35.8 Å². The molecule has 29 heavy (non-hydrogen) atoms. The van der Waals surface area contributed by atoms with Gasteiger partial charge in [-0.05, 0) is 49.6 Å². The lowest BCUT2D eigenvalue weighted by molar-refractivity contribution is -0.151. The molecular formula is C23H26N2O4. The molecule has 1 N–H and O–H groups in total. The van der Waals surface area contributed by atoms with Crippen molar-refractivity contribution in [1.82, 2.24) is 4.90 Å². The molecule has 2 amide bonds. The third-order valence-corrected chi connectivity index (χ3v) is 5.09. The summed E-state index contributed by atoms with van der Waals surface area (Å²) < 4.78 is 5.17. The summed E-state index contributed by atoms with van der Waals surface area (Å²) in [5.74, 6) is -1.55. The number of esters is 1. The average Bonchev–Trinajstić information content (AvgIpc) is 3.07. The number of aryl methyl sites for hydroxylation is 2. The Kier molecular flexibility index (Phi) is 6.32. The molecule has 0 aromatic heterocycles. The summed E-state index contributed by atoms with van der Waals surface area (Å²) >= 11 is 0. The molecule has 2 aromatic carbocycles. The molecule has 1 fully saturated rings. The van der Waals surface area contributed by atoms with Crippen LogP contribution in [0.1, 0.15) is 36.1 Å². The maximum Gasteiger partial charge on any atom is 0.311 e. The molecule has 1 saturated heterocycles. The predicted molar refractivity (Wildman–Crippen MR) is 110 cm³/mol. The average molecular weight is 394 g/mol. The van der Waals surface area contributed by atoms with E-state index in [-0.39, 0.29) is 25.0 Å². The van der Waals surface area contributed by atoms with Crippen LogP contribution in [-0.2, 0) is 19.1 Å². The summed E-state index contributed by atoms with van der Waals surface area (Å²) in [6, 6.07) is 15.3. The topological polar surface area (TPSA) is 75.7 Å². The summed E-state index contributed by atoms with van der Waals surface area (Å²) in [6.45, 7) is 5.76. The van der Waals surface area contributed by atoms with Crippen molar-refractivity contribution in [3.8, 4) is 0 Å². The van der Waals surface area contributed by atoms with Gasteiger partial charge in [0.1, 0.15) is 0 Å². The maximum absolute atomic E-state index is 12.4. The van der Waals surface area contributed by atoms with Crippen LogP contribution >= 0.6 is 0 Å². The molecule has 152 valence electrons. The minimum Gasteiger partial charge on any atom is -0.455 e. The zero-order valence-electron chi connectivity index (χ0n) is 17.0. The molecule has 0 unspecified atom stereocenters. The lowest BCUT2D eigenvalue weighted by Crippen LogP contribution is -2.30. The number of nitrogens with one attached hydrogen (secondary N) is 1. The lowest BCUT2D eigenvalue weighted by Gasteiger charge is -2.25. The lowest BCUT2D eigenvalue weighted by atomic mass is 10.1. The first kappa shape index (κ1) is 20.6. The van der Waals surface area contributed by atoms with Crippen molar-refractivity contribution in [2.75, 3.05) is 18.5 Å². The zero-order valence-corrected chi connectivity index (χ0v) is 17.0. The summed E-state index contributed by atoms with van der Waals surface area (Å²) in [5.41, 5.74) is 3.76. The second-order valence-electron chi connectivity index (χ2n) is 7.57. The Hall–Kier alpha value is -3.15. The molecule has 1 aliphatic heterocycles. The third kappa shape index (κ3) is 5.22. The fourth-order valence-corrected chi connectivity index (χ4v) is 3.67. The standard InChI is InChI=1S/C23H26N2O4/c1-15-9-16(2)11-20(10-15)24-21(26)14-29-23(28)19-12-22(27)25(13-19)17(3)18-7-5-4-6-8-18/h4-11,17,19H,12-14H2,1-3H3,(H,24,26)/t17-,19+/m0/s1. The first-order valence-corrected chi connectivity index (χ1v) is 9.72. The Labute approximate surface area is 170 Å². The molecule has 6 heteroatoms. The molecule has 1 aliphatic rings. The van der Waals surface area contributed by atoms with Crippen molar-refractivity contribution in [2.45, 2.75) is 33.2 Å². The molecule has 6 nitrogen and oxygen atoms in total. The highest BCUT2D eigenvalue weighted by Gasteiger charge is 2.38. The highest BCUT2D eigenvalue weighted by Crippen LogP contribution is 2.29. The van der Waals surface area contributed by atoms with Gasteiger partial charge in [0.05, 0.1) is 12.0 Å². The van der Waals surface area contributed by atoms with Crippen molar-refractivity contribution in [3.63, 3.8) is 0 Å². The van der Waals surface area contributed by atoms with Crippen molar-refractivity contribution in [3.05, 3.63) is 65.2 Å². The van der Waals surface area contributed by atoms with Gasteiger partial charge in [0, 0.05) is 18.7 Å². The molecule has 0 spiro atoms. The number of anilines is 1.